The van der Waals surface area contributed by atoms with E-state index >= 15 is 0 Å². The highest BCUT2D eigenvalue weighted by Crippen LogP contribution is 2.25. The molecule has 1 aliphatic heterocycles. The van der Waals surface area contributed by atoms with Crippen molar-refractivity contribution in [3.05, 3.63) is 33.8 Å². The largest absolute Gasteiger partial charge is 0.458 e. The van der Waals surface area contributed by atoms with Crippen molar-refractivity contribution < 1.29 is 9.53 Å². The fourth-order valence-corrected chi connectivity index (χ4v) is 3.06. The predicted molar refractivity (Wildman–Crippen MR) is 67.6 cm³/mol. The molecular formula is C11H10Cl2O2S. The summed E-state index contributed by atoms with van der Waals surface area (Å²) in [5.74, 6) is 1.55. The van der Waals surface area contributed by atoms with Crippen LogP contribution in [0.2, 0.25) is 10.0 Å². The maximum absolute atomic E-state index is 11.8. The monoisotopic (exact) mass is 276 g/mol. The van der Waals surface area contributed by atoms with Gasteiger partial charge in [0.1, 0.15) is 6.10 Å². The second-order valence-corrected chi connectivity index (χ2v) is 5.51. The highest BCUT2D eigenvalue weighted by molar-refractivity contribution is 7.99. The molecule has 0 amide bonds. The summed E-state index contributed by atoms with van der Waals surface area (Å²) in [6.07, 6.45) is 0.936. The molecule has 0 unspecified atom stereocenters. The fourth-order valence-electron chi connectivity index (χ4n) is 1.48. The summed E-state index contributed by atoms with van der Waals surface area (Å²) in [6, 6.07) is 4.77. The molecule has 1 aliphatic rings. The second kappa shape index (κ2) is 5.30. The zero-order chi connectivity index (χ0) is 11.5. The number of hydrogen-bond acceptors (Lipinski definition) is 3. The molecule has 1 heterocycles. The van der Waals surface area contributed by atoms with E-state index < -0.39 is 0 Å². The number of carbonyl (C=O) groups is 1. The van der Waals surface area contributed by atoms with Crippen LogP contribution in [0.5, 0.6) is 0 Å². The van der Waals surface area contributed by atoms with E-state index in [1.807, 2.05) is 0 Å². The second-order valence-electron chi connectivity index (χ2n) is 3.52. The van der Waals surface area contributed by atoms with Crippen LogP contribution in [0.1, 0.15) is 16.8 Å². The lowest BCUT2D eigenvalue weighted by molar-refractivity contribution is 0.0357. The summed E-state index contributed by atoms with van der Waals surface area (Å²) >= 11 is 13.5. The molecule has 5 heteroatoms. The van der Waals surface area contributed by atoms with Gasteiger partial charge in [0.05, 0.1) is 10.6 Å². The van der Waals surface area contributed by atoms with Crippen LogP contribution in [0.15, 0.2) is 18.2 Å². The summed E-state index contributed by atoms with van der Waals surface area (Å²) in [5, 5.41) is 0.848. The van der Waals surface area contributed by atoms with Crippen LogP contribution in [-0.2, 0) is 4.74 Å². The summed E-state index contributed by atoms with van der Waals surface area (Å²) in [5.41, 5.74) is 0.378. The minimum absolute atomic E-state index is 0.0178. The molecule has 0 aliphatic carbocycles. The van der Waals surface area contributed by atoms with Gasteiger partial charge < -0.3 is 4.74 Å². The van der Waals surface area contributed by atoms with Gasteiger partial charge in [0, 0.05) is 10.8 Å². The highest BCUT2D eigenvalue weighted by Gasteiger charge is 2.21. The molecule has 2 rings (SSSR count). The lowest BCUT2D eigenvalue weighted by Gasteiger charge is -2.11. The first-order valence-electron chi connectivity index (χ1n) is 4.90. The summed E-state index contributed by atoms with van der Waals surface area (Å²) in [7, 11) is 0. The molecule has 0 aromatic heterocycles. The third-order valence-corrected chi connectivity index (χ3v) is 3.99. The van der Waals surface area contributed by atoms with Crippen LogP contribution in [0, 0.1) is 0 Å². The molecule has 1 fully saturated rings. The maximum atomic E-state index is 11.8. The van der Waals surface area contributed by atoms with E-state index in [-0.39, 0.29) is 12.1 Å². The molecule has 86 valence electrons. The maximum Gasteiger partial charge on any atom is 0.339 e. The quantitative estimate of drug-likeness (QED) is 0.772. The third kappa shape index (κ3) is 2.84. The number of thioether (sulfide) groups is 1. The first-order valence-corrected chi connectivity index (χ1v) is 6.81. The number of halogens is 2. The van der Waals surface area contributed by atoms with Crippen molar-refractivity contribution in [1.82, 2.24) is 0 Å². The molecule has 0 N–H and O–H groups in total. The van der Waals surface area contributed by atoms with Gasteiger partial charge in [-0.25, -0.2) is 4.79 Å². The molecular weight excluding hydrogens is 267 g/mol. The van der Waals surface area contributed by atoms with E-state index in [1.165, 1.54) is 0 Å². The first kappa shape index (κ1) is 12.1. The van der Waals surface area contributed by atoms with E-state index in [9.17, 15) is 4.79 Å². The van der Waals surface area contributed by atoms with Gasteiger partial charge in [0.2, 0.25) is 0 Å². The topological polar surface area (TPSA) is 26.3 Å². The van der Waals surface area contributed by atoms with Gasteiger partial charge in [-0.1, -0.05) is 23.2 Å². The average molecular weight is 277 g/mol. The van der Waals surface area contributed by atoms with Gasteiger partial charge in [-0.15, -0.1) is 0 Å². The highest BCUT2D eigenvalue weighted by atomic mass is 35.5. The van der Waals surface area contributed by atoms with Crippen molar-refractivity contribution in [2.75, 3.05) is 11.5 Å². The lowest BCUT2D eigenvalue weighted by Crippen LogP contribution is -2.17. The first-order chi connectivity index (χ1) is 7.66. The van der Waals surface area contributed by atoms with Crippen LogP contribution in [0.4, 0.5) is 0 Å². The smallest absolute Gasteiger partial charge is 0.339 e. The number of ether oxygens (including phenoxy) is 1. The Kier molecular flexibility index (Phi) is 4.00. The van der Waals surface area contributed by atoms with E-state index in [1.54, 1.807) is 30.0 Å². The number of hydrogen-bond donors (Lipinski definition) is 0. The van der Waals surface area contributed by atoms with Gasteiger partial charge >= 0.3 is 5.97 Å². The van der Waals surface area contributed by atoms with E-state index in [2.05, 4.69) is 0 Å². The Morgan fingerprint density at radius 3 is 2.88 bits per heavy atom. The average Bonchev–Trinajstić information content (AvgIpc) is 2.70. The zero-order valence-electron chi connectivity index (χ0n) is 8.41. The van der Waals surface area contributed by atoms with E-state index in [4.69, 9.17) is 27.9 Å². The zero-order valence-corrected chi connectivity index (χ0v) is 10.7. The molecule has 0 saturated carbocycles. The van der Waals surface area contributed by atoms with Gasteiger partial charge in [0.25, 0.3) is 0 Å². The van der Waals surface area contributed by atoms with Crippen LogP contribution in [0.25, 0.3) is 0 Å². The number of benzene rings is 1. The number of esters is 1. The van der Waals surface area contributed by atoms with E-state index in [0.29, 0.717) is 15.6 Å². The van der Waals surface area contributed by atoms with Crippen molar-refractivity contribution in [3.63, 3.8) is 0 Å². The van der Waals surface area contributed by atoms with Gasteiger partial charge in [0.15, 0.2) is 0 Å². The Morgan fingerprint density at radius 1 is 1.44 bits per heavy atom. The molecule has 16 heavy (non-hydrogen) atoms. The van der Waals surface area contributed by atoms with Crippen LogP contribution in [0.3, 0.4) is 0 Å². The van der Waals surface area contributed by atoms with Crippen LogP contribution in [-0.4, -0.2) is 23.6 Å². The Bertz CT molecular complexity index is 403. The summed E-state index contributed by atoms with van der Waals surface area (Å²) in [4.78, 5) is 11.8. The summed E-state index contributed by atoms with van der Waals surface area (Å²) in [6.45, 7) is 0. The number of carbonyl (C=O) groups excluding carboxylic acids is 1. The normalized spacial score (nSPS) is 19.8. The molecule has 1 saturated heterocycles. The van der Waals surface area contributed by atoms with Crippen LogP contribution < -0.4 is 0 Å². The summed E-state index contributed by atoms with van der Waals surface area (Å²) < 4.78 is 5.33. The van der Waals surface area contributed by atoms with Crippen molar-refractivity contribution in [2.45, 2.75) is 12.5 Å². The van der Waals surface area contributed by atoms with E-state index in [0.717, 1.165) is 17.9 Å². The molecule has 1 atom stereocenters. The Balaban J connectivity index is 2.08. The van der Waals surface area contributed by atoms with Gasteiger partial charge in [-0.2, -0.15) is 11.8 Å². The van der Waals surface area contributed by atoms with Crippen LogP contribution >= 0.6 is 35.0 Å². The minimum atomic E-state index is -0.367. The predicted octanol–water partition coefficient (Wildman–Crippen LogP) is 3.66. The van der Waals surface area contributed by atoms with Gasteiger partial charge in [-0.3, -0.25) is 0 Å². The molecule has 0 spiro atoms. The Hall–Kier alpha value is -0.380. The Labute approximate surface area is 108 Å². The van der Waals surface area contributed by atoms with Crippen molar-refractivity contribution in [2.24, 2.45) is 0 Å². The number of rotatable bonds is 2. The molecule has 0 radical (unpaired) electrons. The minimum Gasteiger partial charge on any atom is -0.458 e. The third-order valence-electron chi connectivity index (χ3n) is 2.31. The fraction of sp³-hybridized carbons (Fsp3) is 0.364. The lowest BCUT2D eigenvalue weighted by atomic mass is 10.2. The molecule has 1 aromatic rings. The van der Waals surface area contributed by atoms with Gasteiger partial charge in [-0.05, 0) is 30.4 Å². The standard InChI is InChI=1S/C11H10Cl2O2S/c12-7-1-2-9(10(13)5-7)11(14)15-8-3-4-16-6-8/h1-2,5,8H,3-4,6H2/t8-/m0/s1. The molecule has 0 bridgehead atoms. The van der Waals surface area contributed by atoms with Crippen molar-refractivity contribution in [1.29, 1.82) is 0 Å². The SMILES string of the molecule is O=C(O[C@H]1CCSC1)c1ccc(Cl)cc1Cl. The Morgan fingerprint density at radius 2 is 2.25 bits per heavy atom. The van der Waals surface area contributed by atoms with Crippen molar-refractivity contribution >= 4 is 40.9 Å². The van der Waals surface area contributed by atoms with Crippen molar-refractivity contribution in [3.8, 4) is 0 Å². The molecule has 2 nitrogen and oxygen atoms in total. The molecule has 1 aromatic carbocycles.